The number of methoxy groups -OCH3 is 1. The van der Waals surface area contributed by atoms with E-state index in [0.29, 0.717) is 129 Å². The maximum atomic E-state index is 14.2. The van der Waals surface area contributed by atoms with Crippen molar-refractivity contribution in [2.24, 2.45) is 0 Å². The van der Waals surface area contributed by atoms with Crippen LogP contribution in [0.3, 0.4) is 0 Å². The van der Waals surface area contributed by atoms with Crippen molar-refractivity contribution in [3.05, 3.63) is 483 Å². The number of hydrogen-bond donors (Lipinski definition) is 4. The van der Waals surface area contributed by atoms with Crippen LogP contribution in [-0.2, 0) is 0 Å². The van der Waals surface area contributed by atoms with Crippen LogP contribution >= 0.6 is 23.2 Å². The molecule has 4 N–H and O–H groups in total. The van der Waals surface area contributed by atoms with Crippen LogP contribution in [0.2, 0.25) is 10.0 Å². The van der Waals surface area contributed by atoms with E-state index in [9.17, 15) is 23.6 Å². The highest BCUT2D eigenvalue weighted by atomic mass is 35.5. The molecule has 26 nitrogen and oxygen atoms in total. The summed E-state index contributed by atoms with van der Waals surface area (Å²) in [5.74, 6) is 4.06. The second-order valence-corrected chi connectivity index (χ2v) is 34.8. The van der Waals surface area contributed by atoms with Gasteiger partial charge in [-0.15, -0.1) is 0 Å². The van der Waals surface area contributed by atoms with E-state index in [1.807, 2.05) is 301 Å². The molecule has 710 valence electrons. The van der Waals surface area contributed by atoms with Gasteiger partial charge in [-0.1, -0.05) is 205 Å². The van der Waals surface area contributed by atoms with Gasteiger partial charge in [0, 0.05) is 98.2 Å². The van der Waals surface area contributed by atoms with Crippen LogP contribution < -0.4 is 48.2 Å². The fraction of sp³-hybridized carbons (Fsp3) is 0.112. The average molecular weight is 1950 g/mol. The van der Waals surface area contributed by atoms with Gasteiger partial charge in [-0.25, -0.2) is 48.7 Å². The molecule has 29 heteroatoms. The Morgan fingerprint density at radius 3 is 0.869 bits per heavy atom. The number of nitrogens with one attached hydrogen (secondary N) is 4. The number of aryl methyl sites for hydroxylation is 4. The molecule has 20 aromatic rings. The normalized spacial score (nSPS) is 11.7. The third-order valence-electron chi connectivity index (χ3n) is 24.3. The molecule has 145 heavy (non-hydrogen) atoms. The van der Waals surface area contributed by atoms with Crippen molar-refractivity contribution in [3.63, 3.8) is 0 Å². The maximum absolute atomic E-state index is 14.2. The molecule has 0 radical (unpaired) electrons. The topological polar surface area (TPSA) is 279 Å². The van der Waals surface area contributed by atoms with E-state index >= 15 is 0 Å². The number of ether oxygens (including phenoxy) is 1. The fourth-order valence-corrected chi connectivity index (χ4v) is 17.8. The van der Waals surface area contributed by atoms with Crippen molar-refractivity contribution in [3.8, 4) is 73.1 Å². The molecule has 4 atom stereocenters. The van der Waals surface area contributed by atoms with Crippen molar-refractivity contribution in [1.29, 1.82) is 0 Å². The Balaban J connectivity index is 0.000000132. The lowest BCUT2D eigenvalue weighted by atomic mass is 9.97. The lowest BCUT2D eigenvalue weighted by Crippen LogP contribution is -2.26. The predicted molar refractivity (Wildman–Crippen MR) is 575 cm³/mol. The second-order valence-electron chi connectivity index (χ2n) is 33.9. The van der Waals surface area contributed by atoms with Crippen molar-refractivity contribution < 1.29 is 9.13 Å². The molecule has 0 fully saturated rings. The standard InChI is InChI=1S/2C29H22ClN5O.C29H22FN5O.C29H24N6O2/c1-18(33-28-25(31-3)17-32-19(2)34-28)26-16-21-10-8-14-24(20-9-7-11-22(30)15-20)27(21)29(36)35(26)23-12-5-4-6-13-23;1-18(33-28-25(31-3)17-32-19(2)34-28)26-16-21-8-7-11-24(20-12-14-22(30)15-13-20)27(21)29(36)35(26)23-9-5-4-6-10-23;1-18(33-28-25(31-3)17-32-19(2)34-28)26-16-21-10-8-14-24(20-9-7-11-22(30)15-20)27(21)29(36)35(26)23-12-5-4-6-13-23;1-18(33-28-24(30-3)17-31-19(2)34-28)25-15-20-9-8-12-23(21-13-14-26(37-4)32-16-21)27(20)29(36)35(25)22-10-6-5-7-11-22/h3*4-18H,1-2H3,(H,32,33,34);5-18H,1-2,4H3,(H,31,33,34)/t4*18-/m0000/s1. The minimum absolute atomic E-state index is 0.128. The number of pyridine rings is 5. The Kier molecular flexibility index (Phi) is 29.5. The molecule has 0 aliphatic carbocycles. The lowest BCUT2D eigenvalue weighted by molar-refractivity contribution is 0.398. The van der Waals surface area contributed by atoms with Crippen LogP contribution in [0.5, 0.6) is 5.88 Å². The van der Waals surface area contributed by atoms with Crippen LogP contribution in [0.25, 0.3) is 130 Å². The van der Waals surface area contributed by atoms with Gasteiger partial charge >= 0.3 is 0 Å². The van der Waals surface area contributed by atoms with E-state index in [4.69, 9.17) is 54.2 Å². The number of aromatic nitrogens is 13. The summed E-state index contributed by atoms with van der Waals surface area (Å²) in [6.07, 6.45) is 7.71. The first kappa shape index (κ1) is 97.8. The van der Waals surface area contributed by atoms with Gasteiger partial charge in [0.15, 0.2) is 0 Å². The average Bonchev–Trinajstić information content (AvgIpc) is 0.760. The molecule has 0 unspecified atom stereocenters. The highest BCUT2D eigenvalue weighted by Gasteiger charge is 2.28. The van der Waals surface area contributed by atoms with Crippen LogP contribution in [0.1, 0.15) is 97.9 Å². The zero-order valence-electron chi connectivity index (χ0n) is 79.8. The Labute approximate surface area is 843 Å². The number of para-hydroxylation sites is 4. The van der Waals surface area contributed by atoms with Crippen LogP contribution in [0, 0.1) is 59.8 Å². The molecule has 0 amide bonds. The number of hydrogen-bond acceptors (Lipinski definition) is 18. The van der Waals surface area contributed by atoms with Gasteiger partial charge in [-0.05, 0) is 231 Å². The SMILES string of the molecule is [C-]#[N+]c1cnc(C)nc1N[C@@H](C)c1cc2cccc(-c3ccc(Cl)cc3)c2c(=O)n1-c1ccccc1.[C-]#[N+]c1cnc(C)nc1N[C@@H](C)c1cc2cccc(-c3ccc(OC)nc3)c2c(=O)n1-c1ccccc1.[C-]#[N+]c1cnc(C)nc1N[C@@H](C)c1cc2cccc(-c3cccc(Cl)c3)c2c(=O)n1-c1ccccc1.[C-]#[N+]c1cnc(C)nc1N[C@@H](C)c1cc2cccc(-c3cccc(F)c3)c2c(=O)n1-c1ccccc1. The largest absolute Gasteiger partial charge is 0.481 e. The van der Waals surface area contributed by atoms with E-state index in [1.54, 1.807) is 77.5 Å². The number of nitrogens with zero attached hydrogens (tertiary/aromatic N) is 17. The zero-order chi connectivity index (χ0) is 102. The van der Waals surface area contributed by atoms with Gasteiger partial charge in [0.1, 0.15) is 52.4 Å². The minimum Gasteiger partial charge on any atom is -0.481 e. The Hall–Kier alpha value is -18.8. The molecule has 0 spiro atoms. The van der Waals surface area contributed by atoms with Crippen LogP contribution in [0.15, 0.2) is 353 Å². The van der Waals surface area contributed by atoms with Crippen molar-refractivity contribution >= 4 is 112 Å². The van der Waals surface area contributed by atoms with Gasteiger partial charge in [-0.2, -0.15) is 0 Å². The monoisotopic (exact) mass is 1950 g/mol. The van der Waals surface area contributed by atoms with Crippen molar-refractivity contribution in [1.82, 2.24) is 63.1 Å². The Morgan fingerprint density at radius 2 is 0.586 bits per heavy atom. The number of benzene rings is 11. The summed E-state index contributed by atoms with van der Waals surface area (Å²) in [4.78, 5) is 109. The Morgan fingerprint density at radius 1 is 0.303 bits per heavy atom. The summed E-state index contributed by atoms with van der Waals surface area (Å²) in [6, 6.07) is 92.6. The minimum atomic E-state index is -0.380. The molecule has 11 aromatic carbocycles. The molecule has 0 aliphatic heterocycles. The first-order valence-corrected chi connectivity index (χ1v) is 46.8. The van der Waals surface area contributed by atoms with E-state index < -0.39 is 0 Å². The number of fused-ring (bicyclic) bond motifs is 4. The first-order valence-electron chi connectivity index (χ1n) is 46.0. The molecular weight excluding hydrogens is 1860 g/mol. The summed E-state index contributed by atoms with van der Waals surface area (Å²) >= 11 is 12.4. The molecule has 0 saturated heterocycles. The summed E-state index contributed by atoms with van der Waals surface area (Å²) in [5.41, 5.74) is 12.9. The molecule has 9 aromatic heterocycles. The number of halogens is 3. The summed E-state index contributed by atoms with van der Waals surface area (Å²) in [7, 11) is 1.57. The van der Waals surface area contributed by atoms with Crippen molar-refractivity contribution in [2.45, 2.75) is 79.6 Å². The van der Waals surface area contributed by atoms with Gasteiger partial charge in [0.25, 0.3) is 22.2 Å². The lowest BCUT2D eigenvalue weighted by Gasteiger charge is -2.22. The van der Waals surface area contributed by atoms with Gasteiger partial charge in [-0.3, -0.25) is 57.4 Å². The quantitative estimate of drug-likeness (QED) is 0.0486. The Bertz CT molecular complexity index is 8520. The maximum Gasteiger partial charge on any atom is 0.263 e. The summed E-state index contributed by atoms with van der Waals surface area (Å²) < 4.78 is 26.1. The summed E-state index contributed by atoms with van der Waals surface area (Å²) in [5, 5.41) is 20.1. The van der Waals surface area contributed by atoms with Crippen LogP contribution in [0.4, 0.5) is 50.4 Å². The fourth-order valence-electron chi connectivity index (χ4n) is 17.5. The summed E-state index contributed by atoms with van der Waals surface area (Å²) in [6.45, 7) is 44.8. The third-order valence-corrected chi connectivity index (χ3v) is 24.8. The van der Waals surface area contributed by atoms with Gasteiger partial charge in [0.2, 0.25) is 28.6 Å². The highest BCUT2D eigenvalue weighted by Crippen LogP contribution is 2.40. The second kappa shape index (κ2) is 43.7. The molecule has 0 bridgehead atoms. The van der Waals surface area contributed by atoms with Crippen LogP contribution in [-0.4, -0.2) is 70.2 Å². The number of rotatable bonds is 21. The molecule has 0 saturated carbocycles. The smallest absolute Gasteiger partial charge is 0.263 e. The van der Waals surface area contributed by atoms with Gasteiger partial charge < -0.3 is 26.0 Å². The molecule has 9 heterocycles. The predicted octanol–water partition coefficient (Wildman–Crippen LogP) is 26.8. The number of anilines is 4. The van der Waals surface area contributed by atoms with E-state index in [2.05, 4.69) is 85.5 Å². The van der Waals surface area contributed by atoms with E-state index in [0.717, 1.165) is 89.1 Å². The molecular formula is C116H90Cl2FN21O5. The van der Waals surface area contributed by atoms with Gasteiger partial charge in [0.05, 0.1) is 79.1 Å². The highest BCUT2D eigenvalue weighted by molar-refractivity contribution is 6.31. The van der Waals surface area contributed by atoms with E-state index in [1.165, 1.54) is 36.9 Å². The molecule has 20 rings (SSSR count). The molecule has 0 aliphatic rings. The zero-order valence-corrected chi connectivity index (χ0v) is 81.4. The van der Waals surface area contributed by atoms with E-state index in [-0.39, 0.29) is 52.2 Å². The van der Waals surface area contributed by atoms with Crippen molar-refractivity contribution in [2.75, 3.05) is 28.4 Å². The third kappa shape index (κ3) is 21.2. The first-order chi connectivity index (χ1) is 70.4.